The van der Waals surface area contributed by atoms with Crippen molar-refractivity contribution in [3.05, 3.63) is 70.7 Å². The Hall–Kier alpha value is -2.90. The number of aliphatic hydroxyl groups excluding tert-OH is 1. The number of pyridine rings is 1. The second-order valence-corrected chi connectivity index (χ2v) is 7.52. The van der Waals surface area contributed by atoms with Crippen LogP contribution in [0.1, 0.15) is 29.9 Å². The Morgan fingerprint density at radius 3 is 2.82 bits per heavy atom. The molecule has 0 radical (unpaired) electrons. The number of urea groups is 1. The molecule has 2 amide bonds. The van der Waals surface area contributed by atoms with Crippen molar-refractivity contribution in [2.45, 2.75) is 32.4 Å². The SMILES string of the molecule is Cc1cc(NC(=O)NC(C)CC(O)c2cccs2)ccc1Oc1cccnc1. The van der Waals surface area contributed by atoms with E-state index < -0.39 is 6.10 Å². The van der Waals surface area contributed by atoms with Crippen LogP contribution in [-0.2, 0) is 0 Å². The average Bonchev–Trinajstić information content (AvgIpc) is 3.19. The van der Waals surface area contributed by atoms with Crippen LogP contribution in [0.5, 0.6) is 11.5 Å². The highest BCUT2D eigenvalue weighted by Crippen LogP contribution is 2.27. The van der Waals surface area contributed by atoms with Gasteiger partial charge in [0, 0.05) is 22.8 Å². The Balaban J connectivity index is 1.53. The Kier molecular flexibility index (Phi) is 6.62. The zero-order valence-corrected chi connectivity index (χ0v) is 16.6. The first kappa shape index (κ1) is 19.9. The molecule has 0 spiro atoms. The lowest BCUT2D eigenvalue weighted by atomic mass is 10.1. The largest absolute Gasteiger partial charge is 0.455 e. The smallest absolute Gasteiger partial charge is 0.319 e. The van der Waals surface area contributed by atoms with Gasteiger partial charge in [0.15, 0.2) is 0 Å². The normalized spacial score (nSPS) is 12.8. The van der Waals surface area contributed by atoms with Gasteiger partial charge in [-0.1, -0.05) is 6.07 Å². The highest BCUT2D eigenvalue weighted by atomic mass is 32.1. The number of hydrogen-bond donors (Lipinski definition) is 3. The molecule has 0 fully saturated rings. The van der Waals surface area contributed by atoms with Crippen molar-refractivity contribution in [2.24, 2.45) is 0 Å². The van der Waals surface area contributed by atoms with E-state index in [2.05, 4.69) is 15.6 Å². The van der Waals surface area contributed by atoms with Crippen LogP contribution >= 0.6 is 11.3 Å². The van der Waals surface area contributed by atoms with Gasteiger partial charge in [-0.05, 0) is 67.6 Å². The molecule has 3 N–H and O–H groups in total. The summed E-state index contributed by atoms with van der Waals surface area (Å²) in [5.74, 6) is 1.36. The fourth-order valence-corrected chi connectivity index (χ4v) is 3.48. The standard InChI is InChI=1S/C21H23N3O3S/c1-14-11-16(7-8-19(14)27-17-5-3-9-22-13-17)24-21(26)23-15(2)12-18(25)20-6-4-10-28-20/h3-11,13,15,18,25H,12H2,1-2H3,(H2,23,24,26). The zero-order chi connectivity index (χ0) is 19.9. The number of ether oxygens (including phenoxy) is 1. The number of rotatable bonds is 7. The third-order valence-corrected chi connectivity index (χ3v) is 5.09. The number of thiophene rings is 1. The van der Waals surface area contributed by atoms with E-state index in [0.29, 0.717) is 23.6 Å². The number of carbonyl (C=O) groups excluding carboxylic acids is 1. The summed E-state index contributed by atoms with van der Waals surface area (Å²) in [6.45, 7) is 3.78. The number of benzene rings is 1. The van der Waals surface area contributed by atoms with E-state index in [1.165, 1.54) is 11.3 Å². The van der Waals surface area contributed by atoms with Gasteiger partial charge in [0.05, 0.1) is 12.3 Å². The van der Waals surface area contributed by atoms with E-state index in [-0.39, 0.29) is 12.1 Å². The second kappa shape index (κ2) is 9.34. The lowest BCUT2D eigenvalue weighted by Gasteiger charge is -2.18. The number of hydrogen-bond acceptors (Lipinski definition) is 5. The number of anilines is 1. The minimum atomic E-state index is -0.582. The van der Waals surface area contributed by atoms with Crippen LogP contribution in [0.2, 0.25) is 0 Å². The zero-order valence-electron chi connectivity index (χ0n) is 15.8. The van der Waals surface area contributed by atoms with E-state index in [9.17, 15) is 9.90 Å². The Labute approximate surface area is 168 Å². The summed E-state index contributed by atoms with van der Waals surface area (Å²) in [5, 5.41) is 17.8. The van der Waals surface area contributed by atoms with Crippen LogP contribution in [0.3, 0.4) is 0 Å². The molecule has 1 aromatic carbocycles. The van der Waals surface area contributed by atoms with Crippen LogP contribution in [0.15, 0.2) is 60.2 Å². The highest BCUT2D eigenvalue weighted by molar-refractivity contribution is 7.10. The Bertz CT molecular complexity index is 901. The van der Waals surface area contributed by atoms with Gasteiger partial charge < -0.3 is 20.5 Å². The van der Waals surface area contributed by atoms with Gasteiger partial charge in [-0.2, -0.15) is 0 Å². The molecule has 6 nitrogen and oxygen atoms in total. The number of aliphatic hydroxyl groups is 1. The van der Waals surface area contributed by atoms with Crippen molar-refractivity contribution in [2.75, 3.05) is 5.32 Å². The molecule has 0 saturated carbocycles. The third-order valence-electron chi connectivity index (χ3n) is 4.12. The predicted octanol–water partition coefficient (Wildman–Crippen LogP) is 4.88. The maximum atomic E-state index is 12.2. The van der Waals surface area contributed by atoms with Gasteiger partial charge in [-0.3, -0.25) is 4.98 Å². The third kappa shape index (κ3) is 5.55. The van der Waals surface area contributed by atoms with E-state index in [1.807, 2.05) is 55.6 Å². The van der Waals surface area contributed by atoms with Crippen LogP contribution < -0.4 is 15.4 Å². The van der Waals surface area contributed by atoms with Crippen molar-refractivity contribution in [1.82, 2.24) is 10.3 Å². The maximum Gasteiger partial charge on any atom is 0.319 e. The topological polar surface area (TPSA) is 83.5 Å². The molecule has 2 unspecified atom stereocenters. The van der Waals surface area contributed by atoms with Gasteiger partial charge in [-0.25, -0.2) is 4.79 Å². The maximum absolute atomic E-state index is 12.2. The van der Waals surface area contributed by atoms with Crippen LogP contribution in [-0.4, -0.2) is 22.2 Å². The predicted molar refractivity (Wildman–Crippen MR) is 111 cm³/mol. The molecule has 0 aliphatic rings. The second-order valence-electron chi connectivity index (χ2n) is 6.54. The van der Waals surface area contributed by atoms with Crippen molar-refractivity contribution < 1.29 is 14.6 Å². The Morgan fingerprint density at radius 2 is 2.14 bits per heavy atom. The quantitative estimate of drug-likeness (QED) is 0.531. The molecule has 0 aliphatic carbocycles. The minimum absolute atomic E-state index is 0.175. The van der Waals surface area contributed by atoms with Crippen molar-refractivity contribution in [3.63, 3.8) is 0 Å². The summed E-state index contributed by atoms with van der Waals surface area (Å²) < 4.78 is 5.80. The first-order chi connectivity index (χ1) is 13.5. The van der Waals surface area contributed by atoms with Gasteiger partial charge >= 0.3 is 6.03 Å². The molecule has 2 aromatic heterocycles. The van der Waals surface area contributed by atoms with Crippen LogP contribution in [0, 0.1) is 6.92 Å². The Morgan fingerprint density at radius 1 is 1.29 bits per heavy atom. The number of nitrogens with zero attached hydrogens (tertiary/aromatic N) is 1. The van der Waals surface area contributed by atoms with Crippen LogP contribution in [0.25, 0.3) is 0 Å². The summed E-state index contributed by atoms with van der Waals surface area (Å²) in [6, 6.07) is 12.4. The summed E-state index contributed by atoms with van der Waals surface area (Å²) in [7, 11) is 0. The summed E-state index contributed by atoms with van der Waals surface area (Å²) in [6.07, 6.45) is 3.20. The number of amides is 2. The van der Waals surface area contributed by atoms with Gasteiger partial charge in [0.1, 0.15) is 11.5 Å². The first-order valence-electron chi connectivity index (χ1n) is 8.99. The van der Waals surface area contributed by atoms with E-state index in [4.69, 9.17) is 4.74 Å². The molecule has 3 rings (SSSR count). The number of nitrogens with one attached hydrogen (secondary N) is 2. The molecule has 0 bridgehead atoms. The molecule has 7 heteroatoms. The summed E-state index contributed by atoms with van der Waals surface area (Å²) >= 11 is 1.50. The van der Waals surface area contributed by atoms with Gasteiger partial charge in [0.25, 0.3) is 0 Å². The van der Waals surface area contributed by atoms with E-state index in [0.717, 1.165) is 10.4 Å². The summed E-state index contributed by atoms with van der Waals surface area (Å²) in [4.78, 5) is 17.2. The highest BCUT2D eigenvalue weighted by Gasteiger charge is 2.15. The monoisotopic (exact) mass is 397 g/mol. The molecular weight excluding hydrogens is 374 g/mol. The fourth-order valence-electron chi connectivity index (χ4n) is 2.76. The number of aryl methyl sites for hydroxylation is 1. The van der Waals surface area contributed by atoms with Crippen molar-refractivity contribution in [3.8, 4) is 11.5 Å². The number of aromatic nitrogens is 1. The number of carbonyl (C=O) groups is 1. The van der Waals surface area contributed by atoms with Crippen molar-refractivity contribution in [1.29, 1.82) is 0 Å². The minimum Gasteiger partial charge on any atom is -0.455 e. The van der Waals surface area contributed by atoms with Gasteiger partial charge in [-0.15, -0.1) is 11.3 Å². The summed E-state index contributed by atoms with van der Waals surface area (Å²) in [5.41, 5.74) is 1.56. The molecule has 146 valence electrons. The molecule has 28 heavy (non-hydrogen) atoms. The average molecular weight is 398 g/mol. The molecule has 0 saturated heterocycles. The lowest BCUT2D eigenvalue weighted by molar-refractivity contribution is 0.158. The lowest BCUT2D eigenvalue weighted by Crippen LogP contribution is -2.36. The van der Waals surface area contributed by atoms with Crippen molar-refractivity contribution >= 4 is 23.1 Å². The van der Waals surface area contributed by atoms with E-state index in [1.54, 1.807) is 18.5 Å². The first-order valence-corrected chi connectivity index (χ1v) is 9.87. The van der Waals surface area contributed by atoms with E-state index >= 15 is 0 Å². The van der Waals surface area contributed by atoms with Gasteiger partial charge in [0.2, 0.25) is 0 Å². The fraction of sp³-hybridized carbons (Fsp3) is 0.238. The molecule has 0 aliphatic heterocycles. The molecule has 2 heterocycles. The molecular formula is C21H23N3O3S. The molecule has 2 atom stereocenters. The van der Waals surface area contributed by atoms with Crippen LogP contribution in [0.4, 0.5) is 10.5 Å². The molecule has 3 aromatic rings.